The molecule has 0 unspecified atom stereocenters. The van der Waals surface area contributed by atoms with Crippen molar-refractivity contribution in [1.29, 1.82) is 0 Å². The Balaban J connectivity index is 0.000000291. The monoisotopic (exact) mass is 1440 g/mol. The van der Waals surface area contributed by atoms with Crippen LogP contribution in [0.5, 0.6) is 23.0 Å². The summed E-state index contributed by atoms with van der Waals surface area (Å²) < 4.78 is 20.3. The first-order valence-electron chi connectivity index (χ1n) is 37.6. The van der Waals surface area contributed by atoms with E-state index >= 15 is 0 Å². The van der Waals surface area contributed by atoms with Gasteiger partial charge < -0.3 is 28.8 Å². The molecule has 7 aromatic rings. The first-order chi connectivity index (χ1) is 46.3. The molecule has 1 aromatic heterocycles. The summed E-state index contributed by atoms with van der Waals surface area (Å²) in [6.07, 6.45) is 18.0. The van der Waals surface area contributed by atoms with E-state index in [1.807, 2.05) is 63.4 Å². The van der Waals surface area contributed by atoms with Gasteiger partial charge in [-0.3, -0.25) is 4.52 Å². The van der Waals surface area contributed by atoms with E-state index in [2.05, 4.69) is 220 Å². The summed E-state index contributed by atoms with van der Waals surface area (Å²) in [4.78, 5) is 2.27. The number of rotatable bonds is 25. The van der Waals surface area contributed by atoms with Gasteiger partial charge in [0.2, 0.25) is 0 Å². The number of aromatic hydroxyl groups is 4. The van der Waals surface area contributed by atoms with Crippen LogP contribution in [0.1, 0.15) is 321 Å². The van der Waals surface area contributed by atoms with Crippen LogP contribution in [0.15, 0.2) is 91.0 Å². The number of hydrogen-bond donors (Lipinski definition) is 4. The molecule has 0 saturated carbocycles. The summed E-state index contributed by atoms with van der Waals surface area (Å²) in [5.74, 6) is 6.10. The second-order valence-electron chi connectivity index (χ2n) is 35.6. The Bertz CT molecular complexity index is 3660. The summed E-state index contributed by atoms with van der Waals surface area (Å²) in [5.41, 5.74) is 16.5. The second kappa shape index (κ2) is 36.9. The third-order valence-corrected chi connectivity index (χ3v) is 23.4. The van der Waals surface area contributed by atoms with Crippen LogP contribution in [-0.2, 0) is 55.8 Å². The third kappa shape index (κ3) is 25.6. The van der Waals surface area contributed by atoms with Gasteiger partial charge in [0.15, 0.2) is 0 Å². The average Bonchev–Trinajstić information content (AvgIpc) is 1.40. The number of benzene rings is 6. The number of phenols is 4. The highest BCUT2D eigenvalue weighted by Crippen LogP contribution is 2.47. The minimum absolute atomic E-state index is 0.0441. The van der Waals surface area contributed by atoms with Crippen molar-refractivity contribution in [2.75, 3.05) is 18.1 Å². The van der Waals surface area contributed by atoms with Crippen molar-refractivity contribution in [2.45, 2.75) is 336 Å². The quantitative estimate of drug-likeness (QED) is 0.0412. The van der Waals surface area contributed by atoms with E-state index in [-0.39, 0.29) is 37.9 Å². The fourth-order valence-electron chi connectivity index (χ4n) is 12.4. The van der Waals surface area contributed by atoms with E-state index in [1.54, 1.807) is 11.8 Å². The molecule has 6 aromatic carbocycles. The van der Waals surface area contributed by atoms with Crippen LogP contribution in [-0.4, -0.2) is 38.5 Å². The lowest BCUT2D eigenvalue weighted by atomic mass is 9.77. The van der Waals surface area contributed by atoms with E-state index in [0.717, 1.165) is 101 Å². The van der Waals surface area contributed by atoms with Gasteiger partial charge in [-0.1, -0.05) is 272 Å². The van der Waals surface area contributed by atoms with Crippen LogP contribution < -0.4 is 4.52 Å². The Morgan fingerprint density at radius 3 is 1.17 bits per heavy atom. The third-order valence-electron chi connectivity index (χ3n) is 18.8. The molecule has 0 radical (unpaired) electrons. The lowest BCUT2D eigenvalue weighted by molar-refractivity contribution is 0.363. The molecule has 0 amide bonds. The molecule has 0 bridgehead atoms. The molecule has 556 valence electrons. The number of hydrogen-bond acceptors (Lipinski definition) is 10. The number of unbranched alkanes of at least 4 members (excludes halogenated alkanes) is 10. The molecule has 100 heavy (non-hydrogen) atoms. The zero-order valence-corrected chi connectivity index (χ0v) is 70.9. The Kier molecular flexibility index (Phi) is 31.8. The summed E-state index contributed by atoms with van der Waals surface area (Å²) in [7, 11) is -1.73. The molecule has 1 heterocycles. The molecule has 7 rings (SSSR count). The van der Waals surface area contributed by atoms with Crippen molar-refractivity contribution >= 4 is 65.5 Å². The predicted octanol–water partition coefficient (Wildman–Crippen LogP) is 28.2. The molecule has 0 atom stereocenters. The van der Waals surface area contributed by atoms with Crippen molar-refractivity contribution < 1.29 is 33.3 Å². The molecule has 4 N–H and O–H groups in total. The Labute approximate surface area is 622 Å². The minimum Gasteiger partial charge on any atom is -0.508 e. The fourth-order valence-corrected chi connectivity index (χ4v) is 16.5. The van der Waals surface area contributed by atoms with E-state index in [9.17, 15) is 20.4 Å². The average molecular weight is 1440 g/mol. The fraction of sp³-hybridized carbons (Fsp3) is 0.596. The molecular formula is C89H135O7PS3. The number of aryl methyl sites for hydroxylation is 5. The molecule has 0 aliphatic carbocycles. The van der Waals surface area contributed by atoms with Gasteiger partial charge in [-0.05, 0) is 189 Å². The molecule has 0 aliphatic rings. The van der Waals surface area contributed by atoms with E-state index < -0.39 is 8.24 Å². The highest BCUT2D eigenvalue weighted by Gasteiger charge is 2.30. The highest BCUT2D eigenvalue weighted by molar-refractivity contribution is 7.99. The zero-order chi connectivity index (χ0) is 75.1. The molecule has 11 heteroatoms. The van der Waals surface area contributed by atoms with Gasteiger partial charge in [0, 0.05) is 59.9 Å². The first-order valence-corrected chi connectivity index (χ1v) is 41.8. The van der Waals surface area contributed by atoms with Gasteiger partial charge in [0.05, 0.1) is 6.61 Å². The lowest BCUT2D eigenvalue weighted by Crippen LogP contribution is -2.17. The first kappa shape index (κ1) is 86.1. The highest BCUT2D eigenvalue weighted by atomic mass is 32.2. The van der Waals surface area contributed by atoms with Gasteiger partial charge in [0.1, 0.15) is 34.2 Å². The Morgan fingerprint density at radius 2 is 0.760 bits per heavy atom. The normalized spacial score (nSPS) is 12.6. The molecule has 0 fully saturated rings. The number of fused-ring (bicyclic) bond motifs is 3. The lowest BCUT2D eigenvalue weighted by Gasteiger charge is -2.27. The smallest absolute Gasteiger partial charge is 0.387 e. The van der Waals surface area contributed by atoms with E-state index in [0.29, 0.717) is 29.6 Å². The van der Waals surface area contributed by atoms with Crippen LogP contribution in [0.4, 0.5) is 0 Å². The van der Waals surface area contributed by atoms with Gasteiger partial charge in [0.25, 0.3) is 0 Å². The summed E-state index contributed by atoms with van der Waals surface area (Å²) in [6, 6.07) is 25.8. The summed E-state index contributed by atoms with van der Waals surface area (Å²) in [5, 5.41) is 43.9. The van der Waals surface area contributed by atoms with Crippen molar-refractivity contribution in [3.63, 3.8) is 0 Å². The van der Waals surface area contributed by atoms with Crippen LogP contribution in [0.3, 0.4) is 0 Å². The standard InChI is InChI=1S/C42H61O4P.C25H44OS2.C22H30O2S/c1-26-20-27(21-32(35(26)43)40(8,9)10)18-17-19-44-47-45-36-30(22-28(38(2,3)4)24-33(36)41(11,12)13)31-23-29(39(5,6)7)25-34(37(31)46-47)42(14,15)16;1-4-6-8-10-12-14-16-27-20-23-18-22(3)25(26)24(19-23)21-28-17-15-13-11-9-7-5-2;1-13-9-17(23)15(21(3,4)5)11-19(13)25-20-12-16(22(6,7)8)18(24)10-14(20)2/h20-25,43H,17-19H2,1-16H3;18-19,26H,4-17,20-21H2,1-3H3;9-12,23-24H,1-8H3. The summed E-state index contributed by atoms with van der Waals surface area (Å²) >= 11 is 5.72. The van der Waals surface area contributed by atoms with Crippen molar-refractivity contribution in [3.05, 3.63) is 151 Å². The molecular weight excluding hydrogens is 1310 g/mol. The van der Waals surface area contributed by atoms with Gasteiger partial charge in [-0.2, -0.15) is 23.5 Å². The maximum absolute atomic E-state index is 10.7. The number of thioether (sulfide) groups is 2. The minimum atomic E-state index is -1.73. The van der Waals surface area contributed by atoms with E-state index in [1.165, 1.54) is 122 Å². The Morgan fingerprint density at radius 1 is 0.370 bits per heavy atom. The summed E-state index contributed by atoms with van der Waals surface area (Å²) in [6.45, 7) is 59.4. The maximum atomic E-state index is 10.7. The van der Waals surface area contributed by atoms with Crippen LogP contribution in [0.2, 0.25) is 0 Å². The topological polar surface area (TPSA) is 116 Å². The molecule has 0 saturated heterocycles. The molecule has 0 aliphatic heterocycles. The largest absolute Gasteiger partial charge is 0.508 e. The molecule has 7 nitrogen and oxygen atoms in total. The van der Waals surface area contributed by atoms with Crippen molar-refractivity contribution in [2.24, 2.45) is 0 Å². The Hall–Kier alpha value is -4.57. The van der Waals surface area contributed by atoms with Gasteiger partial charge in [-0.25, -0.2) is 0 Å². The zero-order valence-electron chi connectivity index (χ0n) is 67.5. The van der Waals surface area contributed by atoms with Crippen LogP contribution in [0.25, 0.3) is 21.9 Å². The van der Waals surface area contributed by atoms with Gasteiger partial charge >= 0.3 is 8.24 Å². The maximum Gasteiger partial charge on any atom is 0.387 e. The van der Waals surface area contributed by atoms with Crippen molar-refractivity contribution in [1.82, 2.24) is 0 Å². The SMILES string of the molecule is CCCCCCCCSCc1cc(C)c(O)c(CSCCCCCCCC)c1.Cc1cc(CCCOp2oc3c(C(C)(C)C)cc(C(C)(C)C)cc3c3cc(C(C)(C)C)cc(C(C)(C)C)c3o2)cc(C(C)(C)C)c1O.Cc1cc(O)c(C(C)(C)C)cc1Sc1cc(C(C)(C)C)c(O)cc1C. The molecule has 0 spiro atoms. The predicted molar refractivity (Wildman–Crippen MR) is 442 cm³/mol. The van der Waals surface area contributed by atoms with Crippen LogP contribution >= 0.6 is 43.5 Å². The van der Waals surface area contributed by atoms with Crippen molar-refractivity contribution in [3.8, 4) is 23.0 Å². The van der Waals surface area contributed by atoms with Crippen LogP contribution in [0, 0.1) is 27.7 Å². The van der Waals surface area contributed by atoms with Gasteiger partial charge in [-0.15, -0.1) is 0 Å². The number of phenolic OH excluding ortho intramolecular Hbond substituents is 4. The second-order valence-corrected chi connectivity index (χ2v) is 40.0. The van der Waals surface area contributed by atoms with E-state index in [4.69, 9.17) is 12.9 Å².